The summed E-state index contributed by atoms with van der Waals surface area (Å²) >= 11 is 5.96. The highest BCUT2D eigenvalue weighted by Gasteiger charge is 2.24. The van der Waals surface area contributed by atoms with Gasteiger partial charge in [-0.2, -0.15) is 0 Å². The molecule has 2 saturated heterocycles. The lowest BCUT2D eigenvalue weighted by Crippen LogP contribution is -2.48. The lowest BCUT2D eigenvalue weighted by Gasteiger charge is -2.37. The highest BCUT2D eigenvalue weighted by molar-refractivity contribution is 6.30. The molecule has 2 heterocycles. The SMILES string of the molecule is C.Cc1ccc(N2CCN(CCC(=O)N3CCC(Nc4ccc(Cl)cc4)CC3)CC2)cc1. The Morgan fingerprint density at radius 1 is 0.938 bits per heavy atom. The lowest BCUT2D eigenvalue weighted by atomic mass is 10.0. The van der Waals surface area contributed by atoms with Gasteiger partial charge in [0.05, 0.1) is 0 Å². The Hall–Kier alpha value is -2.24. The summed E-state index contributed by atoms with van der Waals surface area (Å²) in [4.78, 5) is 19.6. The number of amides is 1. The molecule has 1 amide bonds. The zero-order valence-corrected chi connectivity index (χ0v) is 19.2. The van der Waals surface area contributed by atoms with Crippen molar-refractivity contribution in [1.82, 2.24) is 9.80 Å². The molecular formula is C26H37ClN4O. The first-order valence-corrected chi connectivity index (χ1v) is 11.8. The quantitative estimate of drug-likeness (QED) is 0.671. The fourth-order valence-corrected chi connectivity index (χ4v) is 4.58. The lowest BCUT2D eigenvalue weighted by molar-refractivity contribution is -0.132. The minimum atomic E-state index is 0. The van der Waals surface area contributed by atoms with Gasteiger partial charge in [0.15, 0.2) is 0 Å². The van der Waals surface area contributed by atoms with E-state index in [1.54, 1.807) is 0 Å². The second-order valence-electron chi connectivity index (χ2n) is 8.72. The van der Waals surface area contributed by atoms with Crippen molar-refractivity contribution in [2.75, 3.05) is 56.0 Å². The molecule has 0 aromatic heterocycles. The summed E-state index contributed by atoms with van der Waals surface area (Å²) in [6.07, 6.45) is 2.60. The predicted octanol–water partition coefficient (Wildman–Crippen LogP) is 4.90. The monoisotopic (exact) mass is 456 g/mol. The average Bonchev–Trinajstić information content (AvgIpc) is 2.80. The van der Waals surface area contributed by atoms with Gasteiger partial charge in [-0.1, -0.05) is 36.7 Å². The fraction of sp³-hybridized carbons (Fsp3) is 0.500. The maximum atomic E-state index is 12.7. The van der Waals surface area contributed by atoms with Crippen molar-refractivity contribution in [2.45, 2.75) is 39.7 Å². The van der Waals surface area contributed by atoms with E-state index in [0.717, 1.165) is 69.4 Å². The van der Waals surface area contributed by atoms with E-state index in [-0.39, 0.29) is 7.43 Å². The van der Waals surface area contributed by atoms with E-state index in [1.165, 1.54) is 11.3 Å². The molecule has 0 radical (unpaired) electrons. The van der Waals surface area contributed by atoms with Crippen molar-refractivity contribution < 1.29 is 4.79 Å². The van der Waals surface area contributed by atoms with E-state index in [4.69, 9.17) is 11.6 Å². The van der Waals surface area contributed by atoms with Crippen LogP contribution < -0.4 is 10.2 Å². The number of carbonyl (C=O) groups excluding carboxylic acids is 1. The molecule has 32 heavy (non-hydrogen) atoms. The minimum Gasteiger partial charge on any atom is -0.382 e. The summed E-state index contributed by atoms with van der Waals surface area (Å²) in [6, 6.07) is 17.0. The van der Waals surface area contributed by atoms with Crippen LogP contribution in [0.2, 0.25) is 5.02 Å². The molecule has 1 N–H and O–H groups in total. The van der Waals surface area contributed by atoms with Crippen molar-refractivity contribution in [1.29, 1.82) is 0 Å². The highest BCUT2D eigenvalue weighted by atomic mass is 35.5. The molecule has 0 bridgehead atoms. The molecule has 2 aliphatic rings. The van der Waals surface area contributed by atoms with E-state index in [9.17, 15) is 4.79 Å². The van der Waals surface area contributed by atoms with Gasteiger partial charge in [-0.15, -0.1) is 0 Å². The third kappa shape index (κ3) is 6.63. The van der Waals surface area contributed by atoms with Gasteiger partial charge < -0.3 is 15.1 Å². The molecule has 2 aromatic rings. The minimum absolute atomic E-state index is 0. The van der Waals surface area contributed by atoms with Gasteiger partial charge in [0, 0.05) is 74.7 Å². The number of anilines is 2. The van der Waals surface area contributed by atoms with Crippen LogP contribution >= 0.6 is 11.6 Å². The standard InChI is InChI=1S/C25H33ClN4O.CH4/c1-20-2-8-24(9-3-20)29-18-16-28(17-19-29)13-12-25(31)30-14-10-23(11-15-30)27-22-6-4-21(26)5-7-22;/h2-9,23,27H,10-19H2,1H3;1H4. The number of hydrogen-bond donors (Lipinski definition) is 1. The first-order valence-electron chi connectivity index (χ1n) is 11.4. The van der Waals surface area contributed by atoms with E-state index in [0.29, 0.717) is 18.4 Å². The Bertz CT molecular complexity index is 839. The summed E-state index contributed by atoms with van der Waals surface area (Å²) in [5, 5.41) is 4.31. The number of hydrogen-bond acceptors (Lipinski definition) is 4. The molecule has 0 saturated carbocycles. The summed E-state index contributed by atoms with van der Waals surface area (Å²) in [7, 11) is 0. The predicted molar refractivity (Wildman–Crippen MR) is 136 cm³/mol. The maximum Gasteiger partial charge on any atom is 0.223 e. The second kappa shape index (κ2) is 11.6. The van der Waals surface area contributed by atoms with Gasteiger partial charge in [0.1, 0.15) is 0 Å². The third-order valence-corrected chi connectivity index (χ3v) is 6.73. The molecule has 0 aliphatic carbocycles. The number of nitrogens with one attached hydrogen (secondary N) is 1. The normalized spacial score (nSPS) is 17.7. The number of piperazine rings is 1. The highest BCUT2D eigenvalue weighted by Crippen LogP contribution is 2.20. The molecule has 2 aromatic carbocycles. The number of likely N-dealkylation sites (tertiary alicyclic amines) is 1. The molecular weight excluding hydrogens is 420 g/mol. The Balaban J connectivity index is 0.00000289. The van der Waals surface area contributed by atoms with Gasteiger partial charge in [-0.05, 0) is 56.2 Å². The third-order valence-electron chi connectivity index (χ3n) is 6.48. The van der Waals surface area contributed by atoms with E-state index >= 15 is 0 Å². The van der Waals surface area contributed by atoms with E-state index in [2.05, 4.69) is 46.3 Å². The maximum absolute atomic E-state index is 12.7. The Kier molecular flexibility index (Phi) is 8.83. The van der Waals surface area contributed by atoms with Crippen LogP contribution in [0, 0.1) is 6.92 Å². The number of benzene rings is 2. The average molecular weight is 457 g/mol. The summed E-state index contributed by atoms with van der Waals surface area (Å²) in [6.45, 7) is 8.76. The molecule has 2 fully saturated rings. The Labute approximate surface area is 198 Å². The van der Waals surface area contributed by atoms with Gasteiger partial charge in [0.25, 0.3) is 0 Å². The number of nitrogens with zero attached hydrogens (tertiary/aromatic N) is 3. The van der Waals surface area contributed by atoms with Gasteiger partial charge in [0.2, 0.25) is 5.91 Å². The number of halogens is 1. The van der Waals surface area contributed by atoms with Crippen LogP contribution in [0.4, 0.5) is 11.4 Å². The molecule has 6 heteroatoms. The van der Waals surface area contributed by atoms with Crippen LogP contribution in [0.1, 0.15) is 32.3 Å². The Morgan fingerprint density at radius 3 is 2.19 bits per heavy atom. The summed E-state index contributed by atoms with van der Waals surface area (Å²) < 4.78 is 0. The zero-order chi connectivity index (χ0) is 21.6. The molecule has 174 valence electrons. The molecule has 0 unspecified atom stereocenters. The fourth-order valence-electron chi connectivity index (χ4n) is 4.45. The van der Waals surface area contributed by atoms with Crippen molar-refractivity contribution >= 4 is 28.9 Å². The van der Waals surface area contributed by atoms with Crippen LogP contribution in [0.3, 0.4) is 0 Å². The van der Waals surface area contributed by atoms with Crippen molar-refractivity contribution in [3.05, 3.63) is 59.1 Å². The molecule has 2 aliphatic heterocycles. The zero-order valence-electron chi connectivity index (χ0n) is 18.4. The van der Waals surface area contributed by atoms with Crippen molar-refractivity contribution in [2.24, 2.45) is 0 Å². The number of piperidine rings is 1. The van der Waals surface area contributed by atoms with Crippen LogP contribution in [0.5, 0.6) is 0 Å². The second-order valence-corrected chi connectivity index (χ2v) is 9.16. The number of aryl methyl sites for hydroxylation is 1. The van der Waals surface area contributed by atoms with Crippen LogP contribution in [-0.2, 0) is 4.79 Å². The summed E-state index contributed by atoms with van der Waals surface area (Å²) in [5.41, 5.74) is 3.70. The van der Waals surface area contributed by atoms with Crippen LogP contribution in [0.25, 0.3) is 0 Å². The van der Waals surface area contributed by atoms with Crippen LogP contribution in [-0.4, -0.2) is 67.6 Å². The Morgan fingerprint density at radius 2 is 1.56 bits per heavy atom. The number of rotatable bonds is 6. The molecule has 0 atom stereocenters. The topological polar surface area (TPSA) is 38.8 Å². The summed E-state index contributed by atoms with van der Waals surface area (Å²) in [5.74, 6) is 0.297. The van der Waals surface area contributed by atoms with E-state index < -0.39 is 0 Å². The van der Waals surface area contributed by atoms with Gasteiger partial charge in [-0.3, -0.25) is 9.69 Å². The van der Waals surface area contributed by atoms with Crippen molar-refractivity contribution in [3.63, 3.8) is 0 Å². The van der Waals surface area contributed by atoms with Crippen LogP contribution in [0.15, 0.2) is 48.5 Å². The molecule has 0 spiro atoms. The first-order chi connectivity index (χ1) is 15.1. The number of carbonyl (C=O) groups is 1. The smallest absolute Gasteiger partial charge is 0.223 e. The first kappa shape index (κ1) is 24.4. The van der Waals surface area contributed by atoms with Gasteiger partial charge in [-0.25, -0.2) is 0 Å². The molecule has 4 rings (SSSR count). The van der Waals surface area contributed by atoms with Gasteiger partial charge >= 0.3 is 0 Å². The van der Waals surface area contributed by atoms with Crippen molar-refractivity contribution in [3.8, 4) is 0 Å². The largest absolute Gasteiger partial charge is 0.382 e. The van der Waals surface area contributed by atoms with E-state index in [1.807, 2.05) is 29.2 Å². The molecule has 5 nitrogen and oxygen atoms in total.